The van der Waals surface area contributed by atoms with Crippen LogP contribution in [0.15, 0.2) is 126 Å². The Morgan fingerprint density at radius 1 is 0.766 bits per heavy atom. The summed E-state index contributed by atoms with van der Waals surface area (Å²) in [5.41, 5.74) is 12.3. The second-order valence-electron chi connectivity index (χ2n) is 15.5. The summed E-state index contributed by atoms with van der Waals surface area (Å²) >= 11 is 0. The van der Waals surface area contributed by atoms with Crippen LogP contribution in [-0.2, 0) is 16.2 Å². The van der Waals surface area contributed by atoms with Crippen LogP contribution in [0.5, 0.6) is 0 Å². The molecule has 0 radical (unpaired) electrons. The molecule has 0 amide bonds. The van der Waals surface area contributed by atoms with Crippen molar-refractivity contribution in [2.24, 2.45) is 10.9 Å². The lowest BCUT2D eigenvalue weighted by Crippen LogP contribution is -2.45. The van der Waals surface area contributed by atoms with Gasteiger partial charge in [-0.15, -0.1) is 0 Å². The smallest absolute Gasteiger partial charge is 0.131 e. The molecule has 4 unspecified atom stereocenters. The molecule has 0 fully saturated rings. The molecule has 4 atom stereocenters. The quantitative estimate of drug-likeness (QED) is 0.241. The largest absolute Gasteiger partial charge is 0.350 e. The van der Waals surface area contributed by atoms with E-state index in [2.05, 4.69) is 161 Å². The van der Waals surface area contributed by atoms with Crippen molar-refractivity contribution >= 4 is 22.2 Å². The lowest BCUT2D eigenvalue weighted by atomic mass is 9.67. The number of benzene rings is 4. The zero-order valence-electron chi connectivity index (χ0n) is 28.1. The Morgan fingerprint density at radius 3 is 2.47 bits per heavy atom. The molecule has 5 aliphatic rings. The van der Waals surface area contributed by atoms with Gasteiger partial charge in [0.1, 0.15) is 18.2 Å². The number of hydrogen-bond acceptors (Lipinski definition) is 3. The summed E-state index contributed by atoms with van der Waals surface area (Å²) in [6, 6.07) is 29.5. The maximum absolute atomic E-state index is 5.44. The fraction of sp³-hybridized carbons (Fsp3) is 0.295. The van der Waals surface area contributed by atoms with Gasteiger partial charge in [0, 0.05) is 16.4 Å². The molecule has 0 saturated heterocycles. The second kappa shape index (κ2) is 10.0. The van der Waals surface area contributed by atoms with Crippen molar-refractivity contribution in [3.05, 3.63) is 160 Å². The number of aliphatic imine (C=N–C) groups is 1. The summed E-state index contributed by atoms with van der Waals surface area (Å²) in [7, 11) is 0. The molecule has 47 heavy (non-hydrogen) atoms. The summed E-state index contributed by atoms with van der Waals surface area (Å²) in [6.45, 7) is 12.0. The molecule has 234 valence electrons. The minimum Gasteiger partial charge on any atom is -0.350 e. The van der Waals surface area contributed by atoms with Crippen LogP contribution in [-0.4, -0.2) is 5.84 Å². The Balaban J connectivity index is 1.15. The molecule has 0 bridgehead atoms. The van der Waals surface area contributed by atoms with E-state index < -0.39 is 0 Å². The maximum atomic E-state index is 5.44. The van der Waals surface area contributed by atoms with Gasteiger partial charge in [0.25, 0.3) is 0 Å². The lowest BCUT2D eigenvalue weighted by molar-refractivity contribution is 0.324. The van der Waals surface area contributed by atoms with E-state index in [0.29, 0.717) is 5.92 Å². The van der Waals surface area contributed by atoms with Crippen molar-refractivity contribution < 1.29 is 0 Å². The number of nitrogens with zero attached hydrogens (tertiary/aromatic N) is 1. The number of allylic oxidation sites excluding steroid dienone is 8. The third-order valence-electron chi connectivity index (χ3n) is 12.1. The van der Waals surface area contributed by atoms with Gasteiger partial charge < -0.3 is 5.32 Å². The first-order chi connectivity index (χ1) is 22.6. The van der Waals surface area contributed by atoms with Gasteiger partial charge in [-0.2, -0.15) is 0 Å². The number of hydrogen-bond donors (Lipinski definition) is 2. The van der Waals surface area contributed by atoms with Crippen LogP contribution < -0.4 is 10.6 Å². The average molecular weight is 614 g/mol. The molecule has 1 aliphatic heterocycles. The molecule has 4 aliphatic carbocycles. The number of rotatable bonds is 3. The van der Waals surface area contributed by atoms with Gasteiger partial charge in [0.15, 0.2) is 0 Å². The first-order valence-corrected chi connectivity index (χ1v) is 17.3. The molecule has 1 heterocycles. The summed E-state index contributed by atoms with van der Waals surface area (Å²) in [6.07, 6.45) is 15.9. The molecule has 0 aromatic heterocycles. The van der Waals surface area contributed by atoms with Crippen LogP contribution in [0.2, 0.25) is 0 Å². The average Bonchev–Trinajstić information content (AvgIpc) is 3.44. The molecule has 0 spiro atoms. The molecular formula is C44H43N3. The van der Waals surface area contributed by atoms with Crippen molar-refractivity contribution in [2.75, 3.05) is 0 Å². The Hall–Kier alpha value is -4.47. The van der Waals surface area contributed by atoms with Gasteiger partial charge in [-0.25, -0.2) is 4.99 Å². The molecule has 3 heteroatoms. The van der Waals surface area contributed by atoms with Gasteiger partial charge in [-0.05, 0) is 86.0 Å². The van der Waals surface area contributed by atoms with Crippen LogP contribution in [0.25, 0.3) is 16.3 Å². The van der Waals surface area contributed by atoms with Crippen molar-refractivity contribution in [1.82, 2.24) is 10.6 Å². The van der Waals surface area contributed by atoms with Crippen LogP contribution in [0.1, 0.15) is 98.7 Å². The number of nitrogens with one attached hydrogen (secondary N) is 2. The van der Waals surface area contributed by atoms with E-state index in [0.717, 1.165) is 24.2 Å². The van der Waals surface area contributed by atoms with E-state index >= 15 is 0 Å². The van der Waals surface area contributed by atoms with Crippen LogP contribution in [0.3, 0.4) is 0 Å². The van der Waals surface area contributed by atoms with Crippen molar-refractivity contribution in [1.29, 1.82) is 0 Å². The molecule has 2 N–H and O–H groups in total. The zero-order chi connectivity index (χ0) is 32.1. The highest BCUT2D eigenvalue weighted by Crippen LogP contribution is 2.56. The highest BCUT2D eigenvalue weighted by Gasteiger charge is 2.51. The fourth-order valence-electron chi connectivity index (χ4n) is 9.49. The summed E-state index contributed by atoms with van der Waals surface area (Å²) < 4.78 is 0. The molecule has 4 aromatic carbocycles. The predicted molar refractivity (Wildman–Crippen MR) is 196 cm³/mol. The summed E-state index contributed by atoms with van der Waals surface area (Å²) in [4.78, 5) is 5.44. The van der Waals surface area contributed by atoms with E-state index in [9.17, 15) is 0 Å². The lowest BCUT2D eigenvalue weighted by Gasteiger charge is -2.36. The summed E-state index contributed by atoms with van der Waals surface area (Å²) in [5.74, 6) is 1.37. The minimum atomic E-state index is -0.191. The van der Waals surface area contributed by atoms with Crippen LogP contribution >= 0.6 is 0 Å². The Morgan fingerprint density at radius 2 is 1.60 bits per heavy atom. The first-order valence-electron chi connectivity index (χ1n) is 17.3. The second-order valence-corrected chi connectivity index (χ2v) is 15.5. The van der Waals surface area contributed by atoms with Crippen molar-refractivity contribution in [2.45, 2.75) is 76.0 Å². The van der Waals surface area contributed by atoms with E-state index in [1.54, 1.807) is 5.57 Å². The predicted octanol–water partition coefficient (Wildman–Crippen LogP) is 9.86. The van der Waals surface area contributed by atoms with Gasteiger partial charge in [0.05, 0.1) is 0 Å². The monoisotopic (exact) mass is 613 g/mol. The Kier molecular flexibility index (Phi) is 6.12. The molecule has 3 nitrogen and oxygen atoms in total. The third-order valence-corrected chi connectivity index (χ3v) is 12.1. The van der Waals surface area contributed by atoms with Crippen molar-refractivity contribution in [3.63, 3.8) is 0 Å². The molecule has 0 saturated carbocycles. The van der Waals surface area contributed by atoms with Gasteiger partial charge in [-0.3, -0.25) is 5.32 Å². The molecule has 9 rings (SSSR count). The topological polar surface area (TPSA) is 36.4 Å². The Labute approximate surface area is 278 Å². The normalized spacial score (nSPS) is 27.6. The SMILES string of the molecule is CC1(C)C2=C(C=CCC2)c2ccc(C3N=C(c4ccc5c(c4)C(C)(C)C4C=CC=CC54C)NC(c4ccc5ccccc5c4)N3)cc21. The first kappa shape index (κ1) is 28.7. The van der Waals surface area contributed by atoms with Gasteiger partial charge in [0.2, 0.25) is 0 Å². The van der Waals surface area contributed by atoms with E-state index in [4.69, 9.17) is 4.99 Å². The number of amidine groups is 1. The van der Waals surface area contributed by atoms with Gasteiger partial charge >= 0.3 is 0 Å². The molecular weight excluding hydrogens is 571 g/mol. The fourth-order valence-corrected chi connectivity index (χ4v) is 9.49. The third kappa shape index (κ3) is 4.18. The highest BCUT2D eigenvalue weighted by molar-refractivity contribution is 6.00. The van der Waals surface area contributed by atoms with Gasteiger partial charge in [-0.1, -0.05) is 143 Å². The van der Waals surface area contributed by atoms with Crippen LogP contribution in [0, 0.1) is 5.92 Å². The molecule has 4 aromatic rings. The minimum absolute atomic E-state index is 0.00520. The summed E-state index contributed by atoms with van der Waals surface area (Å²) in [5, 5.41) is 10.2. The number of fused-ring (bicyclic) bond motifs is 6. The zero-order valence-corrected chi connectivity index (χ0v) is 28.1. The van der Waals surface area contributed by atoms with Crippen LogP contribution in [0.4, 0.5) is 0 Å². The maximum Gasteiger partial charge on any atom is 0.131 e. The standard InChI is InChI=1S/C44H43N3/c1-42(2)34-15-9-8-14-32(34)33-21-19-30(25-36(33)42)40-45-39(29-18-17-27-12-6-7-13-28(27)24-29)46-41(47-40)31-20-22-35-37(26-31)43(3,4)38-16-10-11-23-44(35,38)5/h6-8,10-14,16-26,38-40,45H,9,15H2,1-5H3,(H,46,47). The van der Waals surface area contributed by atoms with E-state index in [-0.39, 0.29) is 28.6 Å². The Bertz CT molecular complexity index is 2140. The van der Waals surface area contributed by atoms with Crippen molar-refractivity contribution in [3.8, 4) is 0 Å². The highest BCUT2D eigenvalue weighted by atomic mass is 15.3. The van der Waals surface area contributed by atoms with E-state index in [1.807, 2.05) is 0 Å². The van der Waals surface area contributed by atoms with E-state index in [1.165, 1.54) is 49.7 Å².